The van der Waals surface area contributed by atoms with Gasteiger partial charge in [0.05, 0.1) is 11.7 Å². The van der Waals surface area contributed by atoms with E-state index in [1.807, 2.05) is 17.7 Å². The van der Waals surface area contributed by atoms with Gasteiger partial charge in [0.1, 0.15) is 5.82 Å². The van der Waals surface area contributed by atoms with E-state index < -0.39 is 0 Å². The molecule has 2 heterocycles. The summed E-state index contributed by atoms with van der Waals surface area (Å²) >= 11 is 1.80. The summed E-state index contributed by atoms with van der Waals surface area (Å²) in [5.74, 6) is 0.720. The number of hydrogen-bond acceptors (Lipinski definition) is 3. The molecule has 0 amide bonds. The standard InChI is InChI=1S/C14H15N3S/c1-9-7-14(15)17(16-9)10(2)13-8-11-5-3-4-6-12(11)18-13/h3-8,10H,15H2,1-2H3. The van der Waals surface area contributed by atoms with Crippen molar-refractivity contribution in [1.82, 2.24) is 9.78 Å². The van der Waals surface area contributed by atoms with Crippen molar-refractivity contribution in [3.05, 3.63) is 47.0 Å². The van der Waals surface area contributed by atoms with E-state index in [-0.39, 0.29) is 6.04 Å². The average molecular weight is 257 g/mol. The molecule has 2 N–H and O–H groups in total. The monoisotopic (exact) mass is 257 g/mol. The summed E-state index contributed by atoms with van der Waals surface area (Å²) < 4.78 is 3.20. The molecule has 1 unspecified atom stereocenters. The van der Waals surface area contributed by atoms with Crippen LogP contribution in [0.25, 0.3) is 10.1 Å². The fraction of sp³-hybridized carbons (Fsp3) is 0.214. The first kappa shape index (κ1) is 11.3. The Morgan fingerprint density at radius 1 is 1.28 bits per heavy atom. The average Bonchev–Trinajstić information content (AvgIpc) is 2.91. The van der Waals surface area contributed by atoms with Gasteiger partial charge in [0.25, 0.3) is 0 Å². The lowest BCUT2D eigenvalue weighted by Gasteiger charge is -2.11. The number of nitrogens with zero attached hydrogens (tertiary/aromatic N) is 2. The van der Waals surface area contributed by atoms with Crippen LogP contribution in [0, 0.1) is 6.92 Å². The second-order valence-electron chi connectivity index (χ2n) is 4.52. The number of nitrogen functional groups attached to an aromatic ring is 1. The van der Waals surface area contributed by atoms with Crippen LogP contribution in [0.5, 0.6) is 0 Å². The molecule has 1 atom stereocenters. The van der Waals surface area contributed by atoms with E-state index in [9.17, 15) is 0 Å². The highest BCUT2D eigenvalue weighted by Gasteiger charge is 2.14. The van der Waals surface area contributed by atoms with E-state index in [1.54, 1.807) is 11.3 Å². The number of benzene rings is 1. The molecule has 4 heteroatoms. The van der Waals surface area contributed by atoms with Crippen molar-refractivity contribution in [3.63, 3.8) is 0 Å². The molecule has 92 valence electrons. The van der Waals surface area contributed by atoms with Crippen molar-refractivity contribution in [1.29, 1.82) is 0 Å². The van der Waals surface area contributed by atoms with Crippen LogP contribution in [0.2, 0.25) is 0 Å². The lowest BCUT2D eigenvalue weighted by Crippen LogP contribution is -2.10. The number of aromatic nitrogens is 2. The maximum atomic E-state index is 5.98. The molecular weight excluding hydrogens is 242 g/mol. The first-order valence-corrected chi connectivity index (χ1v) is 6.77. The van der Waals surface area contributed by atoms with Gasteiger partial charge in [-0.15, -0.1) is 11.3 Å². The molecular formula is C14H15N3S. The number of hydrogen-bond donors (Lipinski definition) is 1. The topological polar surface area (TPSA) is 43.8 Å². The highest BCUT2D eigenvalue weighted by atomic mass is 32.1. The maximum Gasteiger partial charge on any atom is 0.122 e. The zero-order valence-electron chi connectivity index (χ0n) is 10.4. The van der Waals surface area contributed by atoms with Gasteiger partial charge in [0.15, 0.2) is 0 Å². The minimum Gasteiger partial charge on any atom is -0.384 e. The van der Waals surface area contributed by atoms with Crippen LogP contribution < -0.4 is 5.73 Å². The van der Waals surface area contributed by atoms with Gasteiger partial charge in [-0.25, -0.2) is 4.68 Å². The lowest BCUT2D eigenvalue weighted by molar-refractivity contribution is 0.577. The second-order valence-corrected chi connectivity index (χ2v) is 5.63. The lowest BCUT2D eigenvalue weighted by atomic mass is 10.2. The molecule has 0 spiro atoms. The third-order valence-corrected chi connectivity index (χ3v) is 4.40. The molecule has 3 rings (SSSR count). The molecule has 3 nitrogen and oxygen atoms in total. The Morgan fingerprint density at radius 2 is 2.06 bits per heavy atom. The zero-order valence-corrected chi connectivity index (χ0v) is 11.2. The van der Waals surface area contributed by atoms with Crippen LogP contribution in [-0.4, -0.2) is 9.78 Å². The van der Waals surface area contributed by atoms with Crippen LogP contribution in [0.4, 0.5) is 5.82 Å². The van der Waals surface area contributed by atoms with Crippen LogP contribution in [0.15, 0.2) is 36.4 Å². The molecule has 2 aromatic heterocycles. The highest BCUT2D eigenvalue weighted by Crippen LogP contribution is 2.32. The van der Waals surface area contributed by atoms with Crippen molar-refractivity contribution >= 4 is 27.2 Å². The molecule has 3 aromatic rings. The van der Waals surface area contributed by atoms with Crippen molar-refractivity contribution < 1.29 is 0 Å². The quantitative estimate of drug-likeness (QED) is 0.762. The normalized spacial score (nSPS) is 13.0. The van der Waals surface area contributed by atoms with Gasteiger partial charge < -0.3 is 5.73 Å². The predicted octanol–water partition coefficient (Wildman–Crippen LogP) is 3.60. The molecule has 0 saturated heterocycles. The second kappa shape index (κ2) is 4.14. The minimum atomic E-state index is 0.177. The number of nitrogens with two attached hydrogens (primary N) is 1. The van der Waals surface area contributed by atoms with E-state index in [2.05, 4.69) is 42.4 Å². The predicted molar refractivity (Wildman–Crippen MR) is 77.0 cm³/mol. The smallest absolute Gasteiger partial charge is 0.122 e. The van der Waals surface area contributed by atoms with Crippen LogP contribution in [-0.2, 0) is 0 Å². The van der Waals surface area contributed by atoms with Crippen LogP contribution in [0.1, 0.15) is 23.5 Å². The van der Waals surface area contributed by atoms with Gasteiger partial charge in [-0.2, -0.15) is 5.10 Å². The summed E-state index contributed by atoms with van der Waals surface area (Å²) in [5, 5.41) is 5.74. The van der Waals surface area contributed by atoms with Gasteiger partial charge in [-0.05, 0) is 31.4 Å². The number of fused-ring (bicyclic) bond motifs is 1. The third kappa shape index (κ3) is 1.78. The van der Waals surface area contributed by atoms with E-state index in [0.29, 0.717) is 0 Å². The Morgan fingerprint density at radius 3 is 2.72 bits per heavy atom. The Bertz CT molecular complexity index is 663. The Labute approximate surface area is 110 Å². The first-order valence-electron chi connectivity index (χ1n) is 5.95. The van der Waals surface area contributed by atoms with E-state index in [1.165, 1.54) is 15.0 Å². The molecule has 18 heavy (non-hydrogen) atoms. The molecule has 0 aliphatic carbocycles. The van der Waals surface area contributed by atoms with Gasteiger partial charge in [-0.3, -0.25) is 0 Å². The van der Waals surface area contributed by atoms with Crippen molar-refractivity contribution in [2.24, 2.45) is 0 Å². The van der Waals surface area contributed by atoms with Gasteiger partial charge in [-0.1, -0.05) is 18.2 Å². The maximum absolute atomic E-state index is 5.98. The molecule has 1 aromatic carbocycles. The van der Waals surface area contributed by atoms with Crippen LogP contribution in [0.3, 0.4) is 0 Å². The summed E-state index contributed by atoms with van der Waals surface area (Å²) in [4.78, 5) is 1.28. The van der Waals surface area contributed by atoms with Crippen molar-refractivity contribution in [2.75, 3.05) is 5.73 Å². The van der Waals surface area contributed by atoms with Crippen LogP contribution >= 0.6 is 11.3 Å². The van der Waals surface area contributed by atoms with Crippen molar-refractivity contribution in [3.8, 4) is 0 Å². The van der Waals surface area contributed by atoms with Gasteiger partial charge >= 0.3 is 0 Å². The summed E-state index contributed by atoms with van der Waals surface area (Å²) in [6.07, 6.45) is 0. The third-order valence-electron chi connectivity index (χ3n) is 3.11. The van der Waals surface area contributed by atoms with E-state index >= 15 is 0 Å². The van der Waals surface area contributed by atoms with Crippen molar-refractivity contribution in [2.45, 2.75) is 19.9 Å². The fourth-order valence-corrected chi connectivity index (χ4v) is 3.28. The summed E-state index contributed by atoms with van der Waals surface area (Å²) in [6.45, 7) is 4.10. The fourth-order valence-electron chi connectivity index (χ4n) is 2.18. The molecule has 0 saturated carbocycles. The number of rotatable bonds is 2. The number of thiophene rings is 1. The molecule has 0 radical (unpaired) electrons. The Kier molecular flexibility index (Phi) is 2.59. The highest BCUT2D eigenvalue weighted by molar-refractivity contribution is 7.19. The molecule has 0 fully saturated rings. The Balaban J connectivity index is 2.06. The largest absolute Gasteiger partial charge is 0.384 e. The number of anilines is 1. The molecule has 0 aliphatic heterocycles. The van der Waals surface area contributed by atoms with E-state index in [0.717, 1.165) is 11.5 Å². The first-order chi connectivity index (χ1) is 8.65. The number of aryl methyl sites for hydroxylation is 1. The summed E-state index contributed by atoms with van der Waals surface area (Å²) in [5.41, 5.74) is 6.94. The molecule has 0 aliphatic rings. The summed E-state index contributed by atoms with van der Waals surface area (Å²) in [6, 6.07) is 12.7. The SMILES string of the molecule is Cc1cc(N)n(C(C)c2cc3ccccc3s2)n1. The van der Waals surface area contributed by atoms with Gasteiger partial charge in [0, 0.05) is 15.6 Å². The Hall–Kier alpha value is -1.81. The molecule has 0 bridgehead atoms. The summed E-state index contributed by atoms with van der Waals surface area (Å²) in [7, 11) is 0. The minimum absolute atomic E-state index is 0.177. The zero-order chi connectivity index (χ0) is 12.7. The van der Waals surface area contributed by atoms with E-state index in [4.69, 9.17) is 5.73 Å². The van der Waals surface area contributed by atoms with Gasteiger partial charge in [0.2, 0.25) is 0 Å².